The van der Waals surface area contributed by atoms with Gasteiger partial charge in [0.15, 0.2) is 5.96 Å². The number of amides is 1. The first kappa shape index (κ1) is 24.5. The maximum absolute atomic E-state index is 11.3. The molecule has 0 saturated carbocycles. The fourth-order valence-electron chi connectivity index (χ4n) is 3.66. The molecule has 30 heavy (non-hydrogen) atoms. The number of piperidine rings is 1. The van der Waals surface area contributed by atoms with Crippen molar-refractivity contribution in [2.45, 2.75) is 32.7 Å². The van der Waals surface area contributed by atoms with Crippen LogP contribution in [0.2, 0.25) is 0 Å². The van der Waals surface area contributed by atoms with Crippen LogP contribution < -0.4 is 15.8 Å². The standard InChI is InChI=1S/C22H30N4O2S.HI/c1-3-24-22(26-12-4-5-16(15-26)13-21(23)27)25-14-19-10-11-20(29-19)17-6-8-18(28-2)9-7-17;/h6-11,16H,3-5,12-15H2,1-2H3,(H2,23,27)(H,24,25);1H. The van der Waals surface area contributed by atoms with Crippen LogP contribution in [0.1, 0.15) is 31.1 Å². The lowest BCUT2D eigenvalue weighted by Crippen LogP contribution is -2.47. The van der Waals surface area contributed by atoms with Crippen molar-refractivity contribution >= 4 is 47.2 Å². The Morgan fingerprint density at radius 3 is 2.73 bits per heavy atom. The third kappa shape index (κ3) is 6.87. The number of primary amides is 1. The number of guanidine groups is 1. The number of nitrogens with zero attached hydrogens (tertiary/aromatic N) is 2. The smallest absolute Gasteiger partial charge is 0.217 e. The molecule has 3 rings (SSSR count). The fourth-order valence-corrected chi connectivity index (χ4v) is 4.60. The second-order valence-corrected chi connectivity index (χ2v) is 8.46. The number of benzene rings is 1. The molecule has 0 bridgehead atoms. The lowest BCUT2D eigenvalue weighted by atomic mass is 9.95. The Kier molecular flexibility index (Phi) is 9.90. The molecule has 1 saturated heterocycles. The number of halogens is 1. The zero-order valence-corrected chi connectivity index (χ0v) is 20.7. The minimum Gasteiger partial charge on any atom is -0.497 e. The van der Waals surface area contributed by atoms with Crippen molar-refractivity contribution in [3.8, 4) is 16.2 Å². The largest absolute Gasteiger partial charge is 0.497 e. The van der Waals surface area contributed by atoms with Crippen LogP contribution in [-0.2, 0) is 11.3 Å². The zero-order valence-electron chi connectivity index (χ0n) is 17.6. The molecule has 1 atom stereocenters. The van der Waals surface area contributed by atoms with E-state index in [0.29, 0.717) is 18.9 Å². The van der Waals surface area contributed by atoms with E-state index >= 15 is 0 Å². The van der Waals surface area contributed by atoms with Gasteiger partial charge >= 0.3 is 0 Å². The number of nitrogens with two attached hydrogens (primary N) is 1. The third-order valence-electron chi connectivity index (χ3n) is 5.06. The van der Waals surface area contributed by atoms with Crippen LogP contribution in [0, 0.1) is 5.92 Å². The molecule has 0 aliphatic carbocycles. The maximum atomic E-state index is 11.3. The second-order valence-electron chi connectivity index (χ2n) is 7.29. The van der Waals surface area contributed by atoms with E-state index in [-0.39, 0.29) is 29.9 Å². The van der Waals surface area contributed by atoms with E-state index in [4.69, 9.17) is 15.5 Å². The number of ether oxygens (including phenoxy) is 1. The predicted molar refractivity (Wildman–Crippen MR) is 135 cm³/mol. The van der Waals surface area contributed by atoms with Gasteiger partial charge in [-0.3, -0.25) is 4.79 Å². The summed E-state index contributed by atoms with van der Waals surface area (Å²) in [7, 11) is 1.68. The highest BCUT2D eigenvalue weighted by Crippen LogP contribution is 2.30. The van der Waals surface area contributed by atoms with Gasteiger partial charge in [-0.05, 0) is 67.6 Å². The number of likely N-dealkylation sites (tertiary alicyclic amines) is 1. The van der Waals surface area contributed by atoms with Crippen LogP contribution in [0.25, 0.3) is 10.4 Å². The molecule has 8 heteroatoms. The molecule has 0 spiro atoms. The van der Waals surface area contributed by atoms with Crippen LogP contribution in [0.4, 0.5) is 0 Å². The normalized spacial score (nSPS) is 16.7. The van der Waals surface area contributed by atoms with E-state index in [1.54, 1.807) is 18.4 Å². The van der Waals surface area contributed by atoms with Gasteiger partial charge in [0.2, 0.25) is 5.91 Å². The molecule has 6 nitrogen and oxygen atoms in total. The first-order valence-corrected chi connectivity index (χ1v) is 11.0. The van der Waals surface area contributed by atoms with Crippen molar-refractivity contribution in [1.29, 1.82) is 0 Å². The number of methoxy groups -OCH3 is 1. The Bertz CT molecular complexity index is 838. The van der Waals surface area contributed by atoms with E-state index in [2.05, 4.69) is 41.4 Å². The first-order valence-electron chi connectivity index (χ1n) is 10.1. The summed E-state index contributed by atoms with van der Waals surface area (Å²) in [5.41, 5.74) is 6.58. The summed E-state index contributed by atoms with van der Waals surface area (Å²) in [6.07, 6.45) is 2.56. The highest BCUT2D eigenvalue weighted by Gasteiger charge is 2.23. The van der Waals surface area contributed by atoms with Gasteiger partial charge in [-0.1, -0.05) is 0 Å². The Morgan fingerprint density at radius 2 is 2.07 bits per heavy atom. The summed E-state index contributed by atoms with van der Waals surface area (Å²) in [5.74, 6) is 1.87. The van der Waals surface area contributed by atoms with Gasteiger partial charge in [-0.2, -0.15) is 0 Å². The number of carbonyl (C=O) groups is 1. The van der Waals surface area contributed by atoms with E-state index in [9.17, 15) is 4.79 Å². The summed E-state index contributed by atoms with van der Waals surface area (Å²) >= 11 is 1.76. The van der Waals surface area contributed by atoms with Crippen LogP contribution in [0.15, 0.2) is 41.4 Å². The molecule has 164 valence electrons. The molecule has 1 aliphatic rings. The number of nitrogens with one attached hydrogen (secondary N) is 1. The van der Waals surface area contributed by atoms with E-state index in [1.165, 1.54) is 15.3 Å². The number of hydrogen-bond acceptors (Lipinski definition) is 4. The molecule has 3 N–H and O–H groups in total. The molecule has 2 aromatic rings. The number of aliphatic imine (C=N–C) groups is 1. The first-order chi connectivity index (χ1) is 14.1. The highest BCUT2D eigenvalue weighted by atomic mass is 127. The van der Waals surface area contributed by atoms with Crippen molar-refractivity contribution in [3.05, 3.63) is 41.3 Å². The van der Waals surface area contributed by atoms with Crippen LogP contribution in [0.5, 0.6) is 5.75 Å². The Balaban J connectivity index is 0.00000320. The predicted octanol–water partition coefficient (Wildman–Crippen LogP) is 4.09. The molecule has 1 fully saturated rings. The maximum Gasteiger partial charge on any atom is 0.217 e. The number of rotatable bonds is 7. The van der Waals surface area contributed by atoms with Crippen LogP contribution in [0.3, 0.4) is 0 Å². The average Bonchev–Trinajstić information content (AvgIpc) is 3.20. The molecule has 1 aromatic carbocycles. The summed E-state index contributed by atoms with van der Waals surface area (Å²) in [6, 6.07) is 12.4. The molecular formula is C22H31IN4O2S. The van der Waals surface area contributed by atoms with Gasteiger partial charge < -0.3 is 20.7 Å². The Hall–Kier alpha value is -1.81. The van der Waals surface area contributed by atoms with E-state index in [0.717, 1.165) is 44.2 Å². The number of carbonyl (C=O) groups excluding carboxylic acids is 1. The van der Waals surface area contributed by atoms with Gasteiger partial charge in [0.1, 0.15) is 5.75 Å². The van der Waals surface area contributed by atoms with E-state index in [1.807, 2.05) is 12.1 Å². The van der Waals surface area contributed by atoms with Crippen LogP contribution >= 0.6 is 35.3 Å². The van der Waals surface area contributed by atoms with Crippen molar-refractivity contribution in [2.75, 3.05) is 26.7 Å². The molecule has 1 aromatic heterocycles. The Morgan fingerprint density at radius 1 is 1.30 bits per heavy atom. The fraction of sp³-hybridized carbons (Fsp3) is 0.455. The average molecular weight is 542 g/mol. The van der Waals surface area contributed by atoms with Gasteiger partial charge in [0.25, 0.3) is 0 Å². The molecule has 0 radical (unpaired) electrons. The third-order valence-corrected chi connectivity index (χ3v) is 6.18. The van der Waals surface area contributed by atoms with Crippen molar-refractivity contribution in [2.24, 2.45) is 16.6 Å². The van der Waals surface area contributed by atoms with Crippen molar-refractivity contribution in [1.82, 2.24) is 10.2 Å². The minimum absolute atomic E-state index is 0. The van der Waals surface area contributed by atoms with Gasteiger partial charge in [-0.15, -0.1) is 35.3 Å². The number of thiophene rings is 1. The van der Waals surface area contributed by atoms with Gasteiger partial charge in [0, 0.05) is 35.8 Å². The van der Waals surface area contributed by atoms with Crippen molar-refractivity contribution < 1.29 is 9.53 Å². The molecule has 1 unspecified atom stereocenters. The summed E-state index contributed by atoms with van der Waals surface area (Å²) in [5, 5.41) is 3.40. The quantitative estimate of drug-likeness (QED) is 0.314. The van der Waals surface area contributed by atoms with Gasteiger partial charge in [0.05, 0.1) is 13.7 Å². The zero-order chi connectivity index (χ0) is 20.6. The molecule has 2 heterocycles. The summed E-state index contributed by atoms with van der Waals surface area (Å²) in [4.78, 5) is 20.9. The Labute approximate surface area is 199 Å². The topological polar surface area (TPSA) is 80.0 Å². The molecule has 1 amide bonds. The molecule has 1 aliphatic heterocycles. The monoisotopic (exact) mass is 542 g/mol. The lowest BCUT2D eigenvalue weighted by Gasteiger charge is -2.34. The lowest BCUT2D eigenvalue weighted by molar-refractivity contribution is -0.119. The minimum atomic E-state index is -0.219. The second kappa shape index (κ2) is 12.1. The molecular weight excluding hydrogens is 511 g/mol. The van der Waals surface area contributed by atoms with Crippen LogP contribution in [-0.4, -0.2) is 43.5 Å². The summed E-state index contributed by atoms with van der Waals surface area (Å²) in [6.45, 7) is 5.32. The number of hydrogen-bond donors (Lipinski definition) is 2. The van der Waals surface area contributed by atoms with E-state index < -0.39 is 0 Å². The highest BCUT2D eigenvalue weighted by molar-refractivity contribution is 14.0. The summed E-state index contributed by atoms with van der Waals surface area (Å²) < 4.78 is 5.23. The SMILES string of the molecule is CCNC(=NCc1ccc(-c2ccc(OC)cc2)s1)N1CCCC(CC(N)=O)C1.I. The van der Waals surface area contributed by atoms with Crippen molar-refractivity contribution in [3.63, 3.8) is 0 Å². The van der Waals surface area contributed by atoms with Gasteiger partial charge in [-0.25, -0.2) is 4.99 Å².